The minimum atomic E-state index is -3.23. The van der Waals surface area contributed by atoms with Crippen LogP contribution in [0.1, 0.15) is 18.6 Å². The van der Waals surface area contributed by atoms with Gasteiger partial charge >= 0.3 is 0 Å². The third-order valence-corrected chi connectivity index (χ3v) is 5.97. The fourth-order valence-electron chi connectivity index (χ4n) is 3.18. The van der Waals surface area contributed by atoms with Crippen molar-refractivity contribution in [2.24, 2.45) is 0 Å². The van der Waals surface area contributed by atoms with Crippen molar-refractivity contribution in [1.29, 1.82) is 0 Å². The Kier molecular flexibility index (Phi) is 5.96. The van der Waals surface area contributed by atoms with E-state index in [0.717, 1.165) is 0 Å². The molecule has 27 heavy (non-hydrogen) atoms. The van der Waals surface area contributed by atoms with Crippen molar-refractivity contribution >= 4 is 15.9 Å². The summed E-state index contributed by atoms with van der Waals surface area (Å²) >= 11 is 0. The quantitative estimate of drug-likeness (QED) is 0.781. The number of aryl methyl sites for hydroxylation is 1. The van der Waals surface area contributed by atoms with Crippen LogP contribution in [0.15, 0.2) is 40.8 Å². The molecule has 0 atom stereocenters. The van der Waals surface area contributed by atoms with Crippen molar-refractivity contribution in [1.82, 2.24) is 9.21 Å². The highest BCUT2D eigenvalue weighted by atomic mass is 32.2. The van der Waals surface area contributed by atoms with Crippen molar-refractivity contribution in [3.05, 3.63) is 48.0 Å². The van der Waals surface area contributed by atoms with Crippen LogP contribution in [0.3, 0.4) is 0 Å². The fourth-order valence-corrected chi connectivity index (χ4v) is 4.06. The first kappa shape index (κ1) is 19.6. The lowest BCUT2D eigenvalue weighted by atomic mass is 10.1. The zero-order valence-corrected chi connectivity index (χ0v) is 16.0. The highest BCUT2D eigenvalue weighted by Crippen LogP contribution is 2.25. The van der Waals surface area contributed by atoms with Crippen LogP contribution in [0.25, 0.3) is 11.3 Å². The maximum atomic E-state index is 13.8. The van der Waals surface area contributed by atoms with Gasteiger partial charge in [-0.3, -0.25) is 4.79 Å². The summed E-state index contributed by atoms with van der Waals surface area (Å²) in [5, 5.41) is 0. The molecule has 1 amide bonds. The van der Waals surface area contributed by atoms with Crippen LogP contribution in [-0.2, 0) is 21.2 Å². The third kappa shape index (κ3) is 4.95. The predicted molar refractivity (Wildman–Crippen MR) is 100 cm³/mol. The Morgan fingerprint density at radius 3 is 2.63 bits per heavy atom. The fraction of sp³-hybridized carbons (Fsp3) is 0.421. The Balaban J connectivity index is 1.56. The lowest BCUT2D eigenvalue weighted by Gasteiger charge is -2.20. The summed E-state index contributed by atoms with van der Waals surface area (Å²) in [5.74, 6) is 0.673. The smallest absolute Gasteiger partial charge is 0.223 e. The average Bonchev–Trinajstić information content (AvgIpc) is 2.93. The molecule has 8 heteroatoms. The Hall–Kier alpha value is -2.19. The summed E-state index contributed by atoms with van der Waals surface area (Å²) in [5.41, 5.74) is 0.392. The summed E-state index contributed by atoms with van der Waals surface area (Å²) in [6.45, 7) is 1.70. The van der Waals surface area contributed by atoms with E-state index in [4.69, 9.17) is 4.42 Å². The topological polar surface area (TPSA) is 70.8 Å². The molecule has 1 aliphatic rings. The lowest BCUT2D eigenvalue weighted by molar-refractivity contribution is -0.131. The molecule has 0 N–H and O–H groups in total. The van der Waals surface area contributed by atoms with E-state index in [1.807, 2.05) is 0 Å². The number of rotatable bonds is 5. The highest BCUT2D eigenvalue weighted by molar-refractivity contribution is 7.88. The molecule has 1 saturated heterocycles. The Morgan fingerprint density at radius 1 is 1.11 bits per heavy atom. The number of amides is 1. The summed E-state index contributed by atoms with van der Waals surface area (Å²) in [4.78, 5) is 14.2. The second kappa shape index (κ2) is 8.22. The molecular formula is C19H23FN2O4S. The molecule has 2 aromatic rings. The van der Waals surface area contributed by atoms with Gasteiger partial charge in [-0.15, -0.1) is 0 Å². The van der Waals surface area contributed by atoms with Crippen molar-refractivity contribution in [2.75, 3.05) is 32.4 Å². The maximum absolute atomic E-state index is 13.8. The van der Waals surface area contributed by atoms with Gasteiger partial charge in [-0.2, -0.15) is 0 Å². The zero-order valence-electron chi connectivity index (χ0n) is 15.2. The van der Waals surface area contributed by atoms with Gasteiger partial charge in [-0.1, -0.05) is 12.1 Å². The molecule has 0 bridgehead atoms. The molecule has 2 heterocycles. The largest absolute Gasteiger partial charge is 0.461 e. The average molecular weight is 394 g/mol. The monoisotopic (exact) mass is 394 g/mol. The van der Waals surface area contributed by atoms with Crippen LogP contribution in [-0.4, -0.2) is 56.0 Å². The lowest BCUT2D eigenvalue weighted by Crippen LogP contribution is -2.37. The van der Waals surface area contributed by atoms with Gasteiger partial charge < -0.3 is 9.32 Å². The Morgan fingerprint density at radius 2 is 1.89 bits per heavy atom. The first-order valence-electron chi connectivity index (χ1n) is 8.91. The second-order valence-corrected chi connectivity index (χ2v) is 8.62. The molecule has 1 aromatic carbocycles. The number of nitrogens with zero attached hydrogens (tertiary/aromatic N) is 2. The van der Waals surface area contributed by atoms with Crippen LogP contribution in [0.2, 0.25) is 0 Å². The van der Waals surface area contributed by atoms with Gasteiger partial charge in [0.25, 0.3) is 0 Å². The van der Waals surface area contributed by atoms with Gasteiger partial charge in [-0.25, -0.2) is 17.1 Å². The van der Waals surface area contributed by atoms with E-state index in [2.05, 4.69) is 0 Å². The molecule has 146 valence electrons. The number of carbonyl (C=O) groups excluding carboxylic acids is 1. The first-order chi connectivity index (χ1) is 12.8. The maximum Gasteiger partial charge on any atom is 0.223 e. The first-order valence-corrected chi connectivity index (χ1v) is 10.8. The van der Waals surface area contributed by atoms with Crippen molar-refractivity contribution in [3.8, 4) is 11.3 Å². The molecule has 0 spiro atoms. The molecule has 3 rings (SSSR count). The Bertz CT molecular complexity index is 910. The summed E-state index contributed by atoms with van der Waals surface area (Å²) in [6.07, 6.45) is 2.49. The predicted octanol–water partition coefficient (Wildman–Crippen LogP) is 2.51. The summed E-state index contributed by atoms with van der Waals surface area (Å²) in [7, 11) is -3.23. The number of halogens is 1. The van der Waals surface area contributed by atoms with E-state index in [1.165, 1.54) is 16.6 Å². The highest BCUT2D eigenvalue weighted by Gasteiger charge is 2.23. The van der Waals surface area contributed by atoms with Crippen molar-refractivity contribution < 1.29 is 22.0 Å². The van der Waals surface area contributed by atoms with E-state index in [-0.39, 0.29) is 18.1 Å². The van der Waals surface area contributed by atoms with Gasteiger partial charge in [0.05, 0.1) is 11.8 Å². The van der Waals surface area contributed by atoms with E-state index < -0.39 is 10.0 Å². The molecule has 0 aliphatic carbocycles. The van der Waals surface area contributed by atoms with E-state index >= 15 is 0 Å². The number of hydrogen-bond donors (Lipinski definition) is 0. The van der Waals surface area contributed by atoms with Gasteiger partial charge in [0.2, 0.25) is 15.9 Å². The van der Waals surface area contributed by atoms with E-state index in [9.17, 15) is 17.6 Å². The minimum absolute atomic E-state index is 0.0332. The van der Waals surface area contributed by atoms with Crippen molar-refractivity contribution in [2.45, 2.75) is 19.3 Å². The Labute approximate surface area is 158 Å². The minimum Gasteiger partial charge on any atom is -0.461 e. The van der Waals surface area contributed by atoms with Crippen LogP contribution >= 0.6 is 0 Å². The molecule has 6 nitrogen and oxygen atoms in total. The number of carbonyl (C=O) groups is 1. The van der Waals surface area contributed by atoms with E-state index in [1.54, 1.807) is 35.2 Å². The van der Waals surface area contributed by atoms with Crippen LogP contribution in [0, 0.1) is 5.82 Å². The molecule has 0 unspecified atom stereocenters. The number of benzene rings is 1. The number of furan rings is 1. The van der Waals surface area contributed by atoms with Gasteiger partial charge in [-0.05, 0) is 30.7 Å². The van der Waals surface area contributed by atoms with Crippen LogP contribution in [0.5, 0.6) is 0 Å². The zero-order chi connectivity index (χ0) is 19.4. The molecule has 0 saturated carbocycles. The van der Waals surface area contributed by atoms with E-state index in [0.29, 0.717) is 56.1 Å². The van der Waals surface area contributed by atoms with Crippen molar-refractivity contribution in [3.63, 3.8) is 0 Å². The van der Waals surface area contributed by atoms with Crippen LogP contribution in [0.4, 0.5) is 4.39 Å². The van der Waals surface area contributed by atoms with Gasteiger partial charge in [0, 0.05) is 39.0 Å². The molecule has 0 radical (unpaired) electrons. The SMILES string of the molecule is CS(=O)(=O)N1CCCN(C(=O)CCc2ccc(-c3ccccc3F)o2)CC1. The second-order valence-electron chi connectivity index (χ2n) is 6.64. The molecule has 1 fully saturated rings. The van der Waals surface area contributed by atoms with Gasteiger partial charge in [0.15, 0.2) is 0 Å². The summed E-state index contributed by atoms with van der Waals surface area (Å²) in [6, 6.07) is 9.84. The molecule has 1 aliphatic heterocycles. The summed E-state index contributed by atoms with van der Waals surface area (Å²) < 4.78 is 44.2. The van der Waals surface area contributed by atoms with Gasteiger partial charge in [0.1, 0.15) is 17.3 Å². The normalized spacial score (nSPS) is 16.3. The standard InChI is InChI=1S/C19H23FN2O4S/c1-27(24,25)22-12-4-11-21(13-14-22)19(23)10-8-15-7-9-18(26-15)16-5-2-3-6-17(16)20/h2-3,5-7,9H,4,8,10-14H2,1H3. The molecule has 1 aromatic heterocycles. The molecular weight excluding hydrogens is 371 g/mol. The number of sulfonamides is 1. The third-order valence-electron chi connectivity index (χ3n) is 4.66. The van der Waals surface area contributed by atoms with Crippen LogP contribution < -0.4 is 0 Å². The number of hydrogen-bond acceptors (Lipinski definition) is 4.